The van der Waals surface area contributed by atoms with Crippen LogP contribution in [-0.2, 0) is 4.79 Å². The lowest BCUT2D eigenvalue weighted by Crippen LogP contribution is -2.36. The smallest absolute Gasteiger partial charge is 0.241 e. The SMILES string of the molecule is O=C(CNc1cc(Br)ccc1Br)N1CCCCCC1. The van der Waals surface area contributed by atoms with Gasteiger partial charge in [-0.1, -0.05) is 28.8 Å². The molecule has 3 nitrogen and oxygen atoms in total. The van der Waals surface area contributed by atoms with Crippen LogP contribution in [0.3, 0.4) is 0 Å². The third-order valence-electron chi connectivity index (χ3n) is 3.32. The van der Waals surface area contributed by atoms with Gasteiger partial charge in [-0.3, -0.25) is 4.79 Å². The maximum absolute atomic E-state index is 12.2. The third-order valence-corrected chi connectivity index (χ3v) is 4.50. The second-order valence-electron chi connectivity index (χ2n) is 4.77. The first kappa shape index (κ1) is 14.9. The van der Waals surface area contributed by atoms with Gasteiger partial charge in [-0.05, 0) is 47.0 Å². The zero-order valence-corrected chi connectivity index (χ0v) is 14.0. The number of halogens is 2. The molecule has 1 amide bonds. The van der Waals surface area contributed by atoms with Crippen LogP contribution in [0.4, 0.5) is 5.69 Å². The molecule has 0 saturated carbocycles. The number of amides is 1. The highest BCUT2D eigenvalue weighted by atomic mass is 79.9. The highest BCUT2D eigenvalue weighted by Crippen LogP contribution is 2.26. The summed E-state index contributed by atoms with van der Waals surface area (Å²) in [5, 5.41) is 3.20. The number of nitrogens with one attached hydrogen (secondary N) is 1. The fourth-order valence-corrected chi connectivity index (χ4v) is 2.98. The highest BCUT2D eigenvalue weighted by molar-refractivity contribution is 9.11. The van der Waals surface area contributed by atoms with Crippen LogP contribution < -0.4 is 5.32 Å². The van der Waals surface area contributed by atoms with Crippen molar-refractivity contribution in [3.63, 3.8) is 0 Å². The Balaban J connectivity index is 1.90. The summed E-state index contributed by atoms with van der Waals surface area (Å²) in [4.78, 5) is 14.1. The van der Waals surface area contributed by atoms with E-state index in [2.05, 4.69) is 37.2 Å². The number of carbonyl (C=O) groups excluding carboxylic acids is 1. The lowest BCUT2D eigenvalue weighted by Gasteiger charge is -2.21. The fourth-order valence-electron chi connectivity index (χ4n) is 2.24. The van der Waals surface area contributed by atoms with Gasteiger partial charge in [0.15, 0.2) is 0 Å². The fraction of sp³-hybridized carbons (Fsp3) is 0.500. The topological polar surface area (TPSA) is 32.3 Å². The molecule has 1 fully saturated rings. The maximum Gasteiger partial charge on any atom is 0.241 e. The average Bonchev–Trinajstić information content (AvgIpc) is 2.68. The summed E-state index contributed by atoms with van der Waals surface area (Å²) in [7, 11) is 0. The first-order valence-corrected chi connectivity index (χ1v) is 8.22. The number of likely N-dealkylation sites (tertiary alicyclic amines) is 1. The number of carbonyl (C=O) groups is 1. The van der Waals surface area contributed by atoms with Crippen LogP contribution in [0.5, 0.6) is 0 Å². The summed E-state index contributed by atoms with van der Waals surface area (Å²) in [6, 6.07) is 5.90. The molecule has 1 aromatic rings. The van der Waals surface area contributed by atoms with Gasteiger partial charge in [0, 0.05) is 27.7 Å². The molecule has 0 unspecified atom stereocenters. The number of hydrogen-bond acceptors (Lipinski definition) is 2. The Morgan fingerprint density at radius 1 is 1.16 bits per heavy atom. The predicted octanol–water partition coefficient (Wildman–Crippen LogP) is 4.03. The molecule has 0 spiro atoms. The van der Waals surface area contributed by atoms with Crippen molar-refractivity contribution >= 4 is 43.5 Å². The normalized spacial score (nSPS) is 16.0. The minimum Gasteiger partial charge on any atom is -0.375 e. The molecule has 2 rings (SSSR count). The van der Waals surface area contributed by atoms with Crippen molar-refractivity contribution in [3.8, 4) is 0 Å². The number of rotatable bonds is 3. The molecule has 19 heavy (non-hydrogen) atoms. The molecule has 0 bridgehead atoms. The van der Waals surface area contributed by atoms with Gasteiger partial charge in [0.25, 0.3) is 0 Å². The summed E-state index contributed by atoms with van der Waals surface area (Å²) >= 11 is 6.91. The van der Waals surface area contributed by atoms with Crippen molar-refractivity contribution in [2.24, 2.45) is 0 Å². The second-order valence-corrected chi connectivity index (χ2v) is 6.54. The molecule has 104 valence electrons. The van der Waals surface area contributed by atoms with E-state index in [0.717, 1.165) is 40.6 Å². The Hall–Kier alpha value is -0.550. The van der Waals surface area contributed by atoms with Crippen molar-refractivity contribution in [3.05, 3.63) is 27.1 Å². The molecule has 0 atom stereocenters. The van der Waals surface area contributed by atoms with Crippen molar-refractivity contribution in [2.75, 3.05) is 25.0 Å². The van der Waals surface area contributed by atoms with E-state index >= 15 is 0 Å². The third kappa shape index (κ3) is 4.49. The average molecular weight is 390 g/mol. The Bertz CT molecular complexity index is 443. The minimum absolute atomic E-state index is 0.189. The van der Waals surface area contributed by atoms with E-state index in [1.165, 1.54) is 12.8 Å². The maximum atomic E-state index is 12.2. The Labute approximate surface area is 131 Å². The van der Waals surface area contributed by atoms with E-state index < -0.39 is 0 Å². The van der Waals surface area contributed by atoms with Gasteiger partial charge in [-0.15, -0.1) is 0 Å². The van der Waals surface area contributed by atoms with E-state index in [1.54, 1.807) is 0 Å². The molecular formula is C14H18Br2N2O. The first-order chi connectivity index (χ1) is 9.16. The van der Waals surface area contributed by atoms with Crippen LogP contribution >= 0.6 is 31.9 Å². The molecule has 5 heteroatoms. The monoisotopic (exact) mass is 388 g/mol. The first-order valence-electron chi connectivity index (χ1n) is 6.63. The van der Waals surface area contributed by atoms with Gasteiger partial charge in [-0.2, -0.15) is 0 Å². The Morgan fingerprint density at radius 2 is 1.84 bits per heavy atom. The van der Waals surface area contributed by atoms with Gasteiger partial charge in [0.2, 0.25) is 5.91 Å². The number of anilines is 1. The van der Waals surface area contributed by atoms with E-state index in [9.17, 15) is 4.79 Å². The van der Waals surface area contributed by atoms with E-state index in [0.29, 0.717) is 6.54 Å². The van der Waals surface area contributed by atoms with Crippen LogP contribution in [0.1, 0.15) is 25.7 Å². The van der Waals surface area contributed by atoms with Crippen molar-refractivity contribution in [1.82, 2.24) is 4.90 Å². The van der Waals surface area contributed by atoms with Crippen LogP contribution in [-0.4, -0.2) is 30.4 Å². The zero-order chi connectivity index (χ0) is 13.7. The number of benzene rings is 1. The summed E-state index contributed by atoms with van der Waals surface area (Å²) in [5.74, 6) is 0.189. The molecule has 1 N–H and O–H groups in total. The molecule has 1 aliphatic heterocycles. The van der Waals surface area contributed by atoms with Crippen molar-refractivity contribution in [2.45, 2.75) is 25.7 Å². The van der Waals surface area contributed by atoms with Gasteiger partial charge < -0.3 is 10.2 Å². The van der Waals surface area contributed by atoms with Crippen LogP contribution in [0, 0.1) is 0 Å². The Kier molecular flexibility index (Phi) is 5.70. The largest absolute Gasteiger partial charge is 0.375 e. The van der Waals surface area contributed by atoms with E-state index in [-0.39, 0.29) is 5.91 Å². The van der Waals surface area contributed by atoms with Crippen LogP contribution in [0.15, 0.2) is 27.1 Å². The summed E-state index contributed by atoms with van der Waals surface area (Å²) in [5.41, 5.74) is 0.942. The second kappa shape index (κ2) is 7.29. The molecule has 0 aliphatic carbocycles. The molecule has 0 aromatic heterocycles. The quantitative estimate of drug-likeness (QED) is 0.846. The molecule has 1 aromatic carbocycles. The Morgan fingerprint density at radius 3 is 2.53 bits per heavy atom. The molecular weight excluding hydrogens is 372 g/mol. The summed E-state index contributed by atoms with van der Waals surface area (Å²) in [6.45, 7) is 2.16. The van der Waals surface area contributed by atoms with E-state index in [4.69, 9.17) is 0 Å². The predicted molar refractivity (Wildman–Crippen MR) is 85.4 cm³/mol. The van der Waals surface area contributed by atoms with Gasteiger partial charge in [-0.25, -0.2) is 0 Å². The van der Waals surface area contributed by atoms with Crippen LogP contribution in [0.2, 0.25) is 0 Å². The summed E-state index contributed by atoms with van der Waals surface area (Å²) < 4.78 is 1.97. The molecule has 1 heterocycles. The van der Waals surface area contributed by atoms with Gasteiger partial charge in [0.1, 0.15) is 0 Å². The lowest BCUT2D eigenvalue weighted by atomic mass is 10.2. The minimum atomic E-state index is 0.189. The lowest BCUT2D eigenvalue weighted by molar-refractivity contribution is -0.129. The zero-order valence-electron chi connectivity index (χ0n) is 10.8. The number of nitrogens with zero attached hydrogens (tertiary/aromatic N) is 1. The van der Waals surface area contributed by atoms with E-state index in [1.807, 2.05) is 23.1 Å². The van der Waals surface area contributed by atoms with Gasteiger partial charge in [0.05, 0.1) is 6.54 Å². The molecule has 1 saturated heterocycles. The molecule has 0 radical (unpaired) electrons. The van der Waals surface area contributed by atoms with Crippen LogP contribution in [0.25, 0.3) is 0 Å². The van der Waals surface area contributed by atoms with Gasteiger partial charge >= 0.3 is 0 Å². The standard InChI is InChI=1S/C14H18Br2N2O/c15-11-5-6-12(16)13(9-11)17-10-14(19)18-7-3-1-2-4-8-18/h5-6,9,17H,1-4,7-8,10H2. The molecule has 1 aliphatic rings. The highest BCUT2D eigenvalue weighted by Gasteiger charge is 2.15. The number of hydrogen-bond donors (Lipinski definition) is 1. The van der Waals surface area contributed by atoms with Crippen molar-refractivity contribution < 1.29 is 4.79 Å². The summed E-state index contributed by atoms with van der Waals surface area (Å²) in [6.07, 6.45) is 4.75. The van der Waals surface area contributed by atoms with Crippen molar-refractivity contribution in [1.29, 1.82) is 0 Å².